The van der Waals surface area contributed by atoms with Gasteiger partial charge in [-0.2, -0.15) is 0 Å². The van der Waals surface area contributed by atoms with Gasteiger partial charge < -0.3 is 20.3 Å². The first kappa shape index (κ1) is 21.6. The Kier molecular flexibility index (Phi) is 6.77. The average Bonchev–Trinajstić information content (AvgIpc) is 2.72. The molecule has 2 saturated heterocycles. The highest BCUT2D eigenvalue weighted by Crippen LogP contribution is 2.35. The fraction of sp³-hybridized carbons (Fsp3) is 0.455. The number of morpholine rings is 1. The summed E-state index contributed by atoms with van der Waals surface area (Å²) in [5.74, 6) is 0.670. The zero-order valence-corrected chi connectivity index (χ0v) is 17.6. The van der Waals surface area contributed by atoms with Crippen molar-refractivity contribution in [2.24, 2.45) is 0 Å². The number of halogens is 1. The summed E-state index contributed by atoms with van der Waals surface area (Å²) in [4.78, 5) is 21.2. The van der Waals surface area contributed by atoms with Gasteiger partial charge in [-0.3, -0.25) is 4.79 Å². The number of nitrogens with two attached hydrogens (primary N) is 1. The number of para-hydroxylation sites is 1. The molecule has 1 unspecified atom stereocenters. The van der Waals surface area contributed by atoms with Crippen molar-refractivity contribution in [3.63, 3.8) is 0 Å². The maximum absolute atomic E-state index is 12.7. The summed E-state index contributed by atoms with van der Waals surface area (Å²) in [6.45, 7) is 5.39. The minimum absolute atomic E-state index is 0. The summed E-state index contributed by atoms with van der Waals surface area (Å²) < 4.78 is 6.26. The number of aromatic nitrogens is 1. The maximum atomic E-state index is 12.7. The lowest BCUT2D eigenvalue weighted by atomic mass is 9.88. The lowest BCUT2D eigenvalue weighted by Gasteiger charge is -2.49. The molecule has 6 nitrogen and oxygen atoms in total. The zero-order chi connectivity index (χ0) is 19.6. The van der Waals surface area contributed by atoms with Crippen LogP contribution in [0.25, 0.3) is 0 Å². The molecule has 1 amide bonds. The number of anilines is 2. The number of likely N-dealkylation sites (tertiary alicyclic amines) is 1. The molecule has 156 valence electrons. The molecule has 7 heteroatoms. The maximum Gasteiger partial charge on any atom is 0.255 e. The molecule has 1 aromatic carbocycles. The fourth-order valence-corrected chi connectivity index (χ4v) is 4.28. The normalized spacial score (nSPS) is 21.8. The molecular weight excluding hydrogens is 388 g/mol. The molecule has 0 saturated carbocycles. The van der Waals surface area contributed by atoms with E-state index in [9.17, 15) is 4.79 Å². The van der Waals surface area contributed by atoms with Crippen LogP contribution in [0.2, 0.25) is 0 Å². The Labute approximate surface area is 178 Å². The number of hydrogen-bond donors (Lipinski definition) is 1. The number of rotatable bonds is 4. The van der Waals surface area contributed by atoms with Gasteiger partial charge in [-0.05, 0) is 49.9 Å². The second-order valence-electron chi connectivity index (χ2n) is 7.84. The molecule has 3 heterocycles. The van der Waals surface area contributed by atoms with Gasteiger partial charge in [0.05, 0.1) is 12.1 Å². The Balaban J connectivity index is 0.00000240. The van der Waals surface area contributed by atoms with E-state index in [0.29, 0.717) is 12.4 Å². The van der Waals surface area contributed by atoms with Crippen LogP contribution >= 0.6 is 12.4 Å². The number of benzene rings is 1. The number of piperidine rings is 1. The molecule has 4 rings (SSSR count). The van der Waals surface area contributed by atoms with Gasteiger partial charge in [0.25, 0.3) is 5.91 Å². The van der Waals surface area contributed by atoms with Crippen molar-refractivity contribution < 1.29 is 9.53 Å². The smallest absolute Gasteiger partial charge is 0.255 e. The van der Waals surface area contributed by atoms with Crippen LogP contribution < -0.4 is 10.6 Å². The van der Waals surface area contributed by atoms with Gasteiger partial charge in [0.2, 0.25) is 0 Å². The summed E-state index contributed by atoms with van der Waals surface area (Å²) in [5.41, 5.74) is 7.76. The lowest BCUT2D eigenvalue weighted by Crippen LogP contribution is -2.61. The number of hydrogen-bond acceptors (Lipinski definition) is 5. The minimum Gasteiger partial charge on any atom is -0.383 e. The first-order chi connectivity index (χ1) is 13.6. The molecule has 0 radical (unpaired) electrons. The Morgan fingerprint density at radius 1 is 1.17 bits per heavy atom. The number of nitrogens with zero attached hydrogens (tertiary/aromatic N) is 3. The van der Waals surface area contributed by atoms with Crippen molar-refractivity contribution in [2.75, 3.05) is 36.8 Å². The number of pyridine rings is 1. The van der Waals surface area contributed by atoms with Gasteiger partial charge >= 0.3 is 0 Å². The molecule has 1 aromatic heterocycles. The topological polar surface area (TPSA) is 71.7 Å². The van der Waals surface area contributed by atoms with Crippen molar-refractivity contribution in [2.45, 2.75) is 37.9 Å². The van der Waals surface area contributed by atoms with Crippen LogP contribution in [0.4, 0.5) is 11.5 Å². The van der Waals surface area contributed by atoms with Crippen molar-refractivity contribution in [3.8, 4) is 0 Å². The molecule has 2 aliphatic heterocycles. The Morgan fingerprint density at radius 2 is 1.90 bits per heavy atom. The summed E-state index contributed by atoms with van der Waals surface area (Å²) >= 11 is 0. The molecule has 29 heavy (non-hydrogen) atoms. The first-order valence-corrected chi connectivity index (χ1v) is 10.0. The molecule has 2 aliphatic rings. The first-order valence-electron chi connectivity index (χ1n) is 10.0. The summed E-state index contributed by atoms with van der Waals surface area (Å²) in [6, 6.07) is 13.9. The Hall–Kier alpha value is -2.15. The number of ether oxygens (including phenoxy) is 1. The summed E-state index contributed by atoms with van der Waals surface area (Å²) in [7, 11) is 0. The predicted molar refractivity (Wildman–Crippen MR) is 117 cm³/mol. The van der Waals surface area contributed by atoms with E-state index in [-0.39, 0.29) is 23.9 Å². The molecular formula is C22H29ClN4O2. The molecule has 2 fully saturated rings. The van der Waals surface area contributed by atoms with E-state index in [1.54, 1.807) is 6.20 Å². The third-order valence-corrected chi connectivity index (χ3v) is 5.95. The van der Waals surface area contributed by atoms with E-state index in [0.717, 1.165) is 50.1 Å². The average molecular weight is 417 g/mol. The SMILES string of the molecule is CC1OC2(CCN(CCc3cccnc3N)CC2)CN(c2ccccc2)C1=O.Cl. The van der Waals surface area contributed by atoms with Crippen LogP contribution in [0.15, 0.2) is 48.7 Å². The van der Waals surface area contributed by atoms with Crippen LogP contribution in [0.3, 0.4) is 0 Å². The van der Waals surface area contributed by atoms with E-state index in [4.69, 9.17) is 10.5 Å². The second kappa shape index (κ2) is 9.11. The largest absolute Gasteiger partial charge is 0.383 e. The van der Waals surface area contributed by atoms with Gasteiger partial charge in [0.15, 0.2) is 0 Å². The summed E-state index contributed by atoms with van der Waals surface area (Å²) in [5, 5.41) is 0. The fourth-order valence-electron chi connectivity index (χ4n) is 4.28. The van der Waals surface area contributed by atoms with Gasteiger partial charge in [0.1, 0.15) is 11.9 Å². The van der Waals surface area contributed by atoms with Crippen LogP contribution in [0.1, 0.15) is 25.3 Å². The predicted octanol–water partition coefficient (Wildman–Crippen LogP) is 2.91. The zero-order valence-electron chi connectivity index (χ0n) is 16.8. The van der Waals surface area contributed by atoms with Gasteiger partial charge in [-0.1, -0.05) is 24.3 Å². The van der Waals surface area contributed by atoms with Gasteiger partial charge in [-0.15, -0.1) is 12.4 Å². The number of amides is 1. The van der Waals surface area contributed by atoms with E-state index >= 15 is 0 Å². The molecule has 0 bridgehead atoms. The third-order valence-electron chi connectivity index (χ3n) is 5.95. The van der Waals surface area contributed by atoms with E-state index < -0.39 is 6.10 Å². The highest BCUT2D eigenvalue weighted by molar-refractivity contribution is 5.97. The second-order valence-corrected chi connectivity index (χ2v) is 7.84. The quantitative estimate of drug-likeness (QED) is 0.829. The van der Waals surface area contributed by atoms with Crippen LogP contribution in [-0.2, 0) is 16.0 Å². The van der Waals surface area contributed by atoms with E-state index in [1.165, 1.54) is 0 Å². The molecule has 1 spiro atoms. The van der Waals surface area contributed by atoms with Gasteiger partial charge in [-0.25, -0.2) is 4.98 Å². The van der Waals surface area contributed by atoms with Crippen molar-refractivity contribution in [3.05, 3.63) is 54.2 Å². The standard InChI is InChI=1S/C22H28N4O2.ClH/c1-17-21(27)26(19-7-3-2-4-8-19)16-22(28-17)10-14-25(15-11-22)13-9-18-6-5-12-24-20(18)23;/h2-8,12,17H,9-11,13-16H2,1H3,(H2,23,24);1H. The monoisotopic (exact) mass is 416 g/mol. The van der Waals surface area contributed by atoms with Crippen LogP contribution in [-0.4, -0.2) is 53.7 Å². The molecule has 2 aromatic rings. The highest BCUT2D eigenvalue weighted by Gasteiger charge is 2.45. The molecule has 0 aliphatic carbocycles. The number of carbonyl (C=O) groups is 1. The number of carbonyl (C=O) groups excluding carboxylic acids is 1. The van der Waals surface area contributed by atoms with Crippen molar-refractivity contribution in [1.82, 2.24) is 9.88 Å². The van der Waals surface area contributed by atoms with Crippen molar-refractivity contribution in [1.29, 1.82) is 0 Å². The number of nitrogen functional groups attached to an aromatic ring is 1. The van der Waals surface area contributed by atoms with E-state index in [2.05, 4.69) is 9.88 Å². The van der Waals surface area contributed by atoms with E-state index in [1.807, 2.05) is 54.3 Å². The molecule has 1 atom stereocenters. The Morgan fingerprint density at radius 3 is 2.59 bits per heavy atom. The van der Waals surface area contributed by atoms with Crippen molar-refractivity contribution >= 4 is 29.8 Å². The summed E-state index contributed by atoms with van der Waals surface area (Å²) in [6.07, 6.45) is 4.08. The van der Waals surface area contributed by atoms with Gasteiger partial charge in [0, 0.05) is 31.5 Å². The lowest BCUT2D eigenvalue weighted by molar-refractivity contribution is -0.161. The van der Waals surface area contributed by atoms with Crippen LogP contribution in [0.5, 0.6) is 0 Å². The Bertz CT molecular complexity index is 825. The highest BCUT2D eigenvalue weighted by atomic mass is 35.5. The molecule has 2 N–H and O–H groups in total. The van der Waals surface area contributed by atoms with Crippen LogP contribution in [0, 0.1) is 0 Å². The third kappa shape index (κ3) is 4.71. The minimum atomic E-state index is -0.407.